The summed E-state index contributed by atoms with van der Waals surface area (Å²) in [5, 5.41) is 5.52. The standard InChI is InChI=1S/C23H24N4O3/c1-17-8-13-21(24-14-17)26-23(29)16-27(2)15-22(28)25-18-9-11-20(12-10-18)30-19-6-4-3-5-7-19/h3-14H,15-16H2,1-2H3,(H,25,28)(H,24,26,29). The molecule has 0 atom stereocenters. The van der Waals surface area contributed by atoms with Gasteiger partial charge in [0.15, 0.2) is 0 Å². The second-order valence-electron chi connectivity index (χ2n) is 6.93. The van der Waals surface area contributed by atoms with Gasteiger partial charge in [0.1, 0.15) is 17.3 Å². The lowest BCUT2D eigenvalue weighted by atomic mass is 10.3. The van der Waals surface area contributed by atoms with Crippen LogP contribution in [0.25, 0.3) is 0 Å². The van der Waals surface area contributed by atoms with Crippen molar-refractivity contribution in [1.29, 1.82) is 0 Å². The second-order valence-corrected chi connectivity index (χ2v) is 6.93. The van der Waals surface area contributed by atoms with Crippen molar-refractivity contribution in [2.45, 2.75) is 6.92 Å². The molecule has 0 saturated heterocycles. The molecule has 0 unspecified atom stereocenters. The van der Waals surface area contributed by atoms with E-state index in [4.69, 9.17) is 4.74 Å². The molecule has 1 aromatic heterocycles. The van der Waals surface area contributed by atoms with Gasteiger partial charge in [0.2, 0.25) is 11.8 Å². The lowest BCUT2D eigenvalue weighted by Crippen LogP contribution is -2.36. The van der Waals surface area contributed by atoms with Crippen LogP contribution in [0.2, 0.25) is 0 Å². The molecule has 2 aromatic carbocycles. The van der Waals surface area contributed by atoms with E-state index in [0.717, 1.165) is 11.3 Å². The lowest BCUT2D eigenvalue weighted by Gasteiger charge is -2.16. The monoisotopic (exact) mass is 404 g/mol. The van der Waals surface area contributed by atoms with Crippen molar-refractivity contribution in [2.75, 3.05) is 30.8 Å². The minimum atomic E-state index is -0.232. The number of hydrogen-bond acceptors (Lipinski definition) is 5. The number of anilines is 2. The van der Waals surface area contributed by atoms with Gasteiger partial charge in [-0.1, -0.05) is 24.3 Å². The van der Waals surface area contributed by atoms with E-state index in [-0.39, 0.29) is 24.9 Å². The van der Waals surface area contributed by atoms with Crippen LogP contribution in [0.1, 0.15) is 5.56 Å². The van der Waals surface area contributed by atoms with Crippen molar-refractivity contribution in [3.63, 3.8) is 0 Å². The van der Waals surface area contributed by atoms with Crippen LogP contribution in [-0.2, 0) is 9.59 Å². The summed E-state index contributed by atoms with van der Waals surface area (Å²) in [5.74, 6) is 1.47. The van der Waals surface area contributed by atoms with Gasteiger partial charge < -0.3 is 15.4 Å². The van der Waals surface area contributed by atoms with Crippen molar-refractivity contribution in [1.82, 2.24) is 9.88 Å². The lowest BCUT2D eigenvalue weighted by molar-refractivity contribution is -0.119. The van der Waals surface area contributed by atoms with Gasteiger partial charge in [0.25, 0.3) is 0 Å². The molecule has 2 amide bonds. The highest BCUT2D eigenvalue weighted by Crippen LogP contribution is 2.22. The molecule has 2 N–H and O–H groups in total. The number of amides is 2. The fraction of sp³-hybridized carbons (Fsp3) is 0.174. The van der Waals surface area contributed by atoms with Crippen molar-refractivity contribution in [2.24, 2.45) is 0 Å². The average Bonchev–Trinajstić information content (AvgIpc) is 2.71. The summed E-state index contributed by atoms with van der Waals surface area (Å²) in [6.07, 6.45) is 1.68. The van der Waals surface area contributed by atoms with Gasteiger partial charge in [0.05, 0.1) is 13.1 Å². The second kappa shape index (κ2) is 10.2. The Kier molecular flexibility index (Phi) is 7.13. The van der Waals surface area contributed by atoms with E-state index in [1.54, 1.807) is 48.5 Å². The van der Waals surface area contributed by atoms with Gasteiger partial charge in [-0.25, -0.2) is 4.98 Å². The van der Waals surface area contributed by atoms with Crippen LogP contribution in [0.4, 0.5) is 11.5 Å². The number of para-hydroxylation sites is 1. The van der Waals surface area contributed by atoms with E-state index >= 15 is 0 Å². The molecule has 30 heavy (non-hydrogen) atoms. The Bertz CT molecular complexity index is 974. The average molecular weight is 404 g/mol. The van der Waals surface area contributed by atoms with Gasteiger partial charge in [-0.3, -0.25) is 14.5 Å². The van der Waals surface area contributed by atoms with Crippen LogP contribution < -0.4 is 15.4 Å². The van der Waals surface area contributed by atoms with Crippen LogP contribution in [0, 0.1) is 6.92 Å². The molecular weight excluding hydrogens is 380 g/mol. The molecule has 1 heterocycles. The number of aromatic nitrogens is 1. The Balaban J connectivity index is 1.44. The zero-order chi connectivity index (χ0) is 21.3. The first-order valence-corrected chi connectivity index (χ1v) is 9.52. The van der Waals surface area contributed by atoms with Crippen LogP contribution >= 0.6 is 0 Å². The molecule has 7 heteroatoms. The number of rotatable bonds is 8. The van der Waals surface area contributed by atoms with Gasteiger partial charge in [0, 0.05) is 11.9 Å². The van der Waals surface area contributed by atoms with Crippen LogP contribution in [0.5, 0.6) is 11.5 Å². The third-order valence-electron chi connectivity index (χ3n) is 4.12. The number of aryl methyl sites for hydroxylation is 1. The topological polar surface area (TPSA) is 83.6 Å². The zero-order valence-electron chi connectivity index (χ0n) is 17.0. The number of likely N-dealkylation sites (N-methyl/N-ethyl adjacent to an activating group) is 1. The predicted molar refractivity (Wildman–Crippen MR) is 117 cm³/mol. The van der Waals surface area contributed by atoms with E-state index in [2.05, 4.69) is 15.6 Å². The Labute approximate surface area is 175 Å². The van der Waals surface area contributed by atoms with E-state index in [0.29, 0.717) is 17.3 Å². The highest BCUT2D eigenvalue weighted by molar-refractivity contribution is 5.94. The van der Waals surface area contributed by atoms with Crippen molar-refractivity contribution >= 4 is 23.3 Å². The summed E-state index contributed by atoms with van der Waals surface area (Å²) in [4.78, 5) is 30.1. The largest absolute Gasteiger partial charge is 0.457 e. The van der Waals surface area contributed by atoms with Crippen LogP contribution in [-0.4, -0.2) is 41.8 Å². The molecule has 154 valence electrons. The van der Waals surface area contributed by atoms with Gasteiger partial charge >= 0.3 is 0 Å². The number of benzene rings is 2. The molecule has 0 radical (unpaired) electrons. The first kappa shape index (κ1) is 21.0. The molecule has 0 fully saturated rings. The fourth-order valence-corrected chi connectivity index (χ4v) is 2.70. The maximum Gasteiger partial charge on any atom is 0.239 e. The summed E-state index contributed by atoms with van der Waals surface area (Å²) in [7, 11) is 1.71. The summed E-state index contributed by atoms with van der Waals surface area (Å²) in [6, 6.07) is 20.2. The first-order chi connectivity index (χ1) is 14.5. The molecule has 3 aromatic rings. The Morgan fingerprint density at radius 1 is 0.867 bits per heavy atom. The number of carbonyl (C=O) groups is 2. The molecule has 0 aliphatic rings. The van der Waals surface area contributed by atoms with Crippen molar-refractivity contribution in [3.05, 3.63) is 78.5 Å². The van der Waals surface area contributed by atoms with E-state index in [1.807, 2.05) is 43.3 Å². The maximum absolute atomic E-state index is 12.2. The van der Waals surface area contributed by atoms with E-state index in [9.17, 15) is 9.59 Å². The van der Waals surface area contributed by atoms with Gasteiger partial charge in [-0.2, -0.15) is 0 Å². The number of hydrogen-bond donors (Lipinski definition) is 2. The van der Waals surface area contributed by atoms with Crippen molar-refractivity contribution < 1.29 is 14.3 Å². The molecule has 0 aliphatic heterocycles. The molecule has 0 bridgehead atoms. The predicted octanol–water partition coefficient (Wildman–Crippen LogP) is 3.69. The minimum Gasteiger partial charge on any atom is -0.457 e. The Morgan fingerprint density at radius 2 is 1.50 bits per heavy atom. The minimum absolute atomic E-state index is 0.0762. The molecule has 0 saturated carbocycles. The molecule has 3 rings (SSSR count). The molecule has 7 nitrogen and oxygen atoms in total. The molecule has 0 spiro atoms. The normalized spacial score (nSPS) is 10.5. The molecular formula is C23H24N4O3. The van der Waals surface area contributed by atoms with E-state index < -0.39 is 0 Å². The summed E-state index contributed by atoms with van der Waals surface area (Å²) < 4.78 is 5.73. The Hall–Kier alpha value is -3.71. The maximum atomic E-state index is 12.2. The quantitative estimate of drug-likeness (QED) is 0.598. The van der Waals surface area contributed by atoms with E-state index in [1.165, 1.54) is 0 Å². The summed E-state index contributed by atoms with van der Waals surface area (Å²) >= 11 is 0. The van der Waals surface area contributed by atoms with Gasteiger partial charge in [-0.15, -0.1) is 0 Å². The number of nitrogens with zero attached hydrogens (tertiary/aromatic N) is 2. The first-order valence-electron chi connectivity index (χ1n) is 9.52. The third-order valence-corrected chi connectivity index (χ3v) is 4.12. The van der Waals surface area contributed by atoms with Crippen LogP contribution in [0.3, 0.4) is 0 Å². The van der Waals surface area contributed by atoms with Crippen molar-refractivity contribution in [3.8, 4) is 11.5 Å². The smallest absolute Gasteiger partial charge is 0.239 e. The SMILES string of the molecule is Cc1ccc(NC(=O)CN(C)CC(=O)Nc2ccc(Oc3ccccc3)cc2)nc1. The molecule has 0 aliphatic carbocycles. The fourth-order valence-electron chi connectivity index (χ4n) is 2.70. The highest BCUT2D eigenvalue weighted by atomic mass is 16.5. The third kappa shape index (κ3) is 6.72. The number of nitrogens with one attached hydrogen (secondary N) is 2. The Morgan fingerprint density at radius 3 is 2.13 bits per heavy atom. The van der Waals surface area contributed by atoms with Gasteiger partial charge in [-0.05, 0) is 62.0 Å². The number of carbonyl (C=O) groups excluding carboxylic acids is 2. The highest BCUT2D eigenvalue weighted by Gasteiger charge is 2.12. The van der Waals surface area contributed by atoms with Crippen LogP contribution in [0.15, 0.2) is 72.9 Å². The zero-order valence-corrected chi connectivity index (χ0v) is 17.0. The number of ether oxygens (including phenoxy) is 1. The summed E-state index contributed by atoms with van der Waals surface area (Å²) in [5.41, 5.74) is 1.67. The summed E-state index contributed by atoms with van der Waals surface area (Å²) in [6.45, 7) is 2.08. The number of pyridine rings is 1.